The van der Waals surface area contributed by atoms with Gasteiger partial charge in [-0.25, -0.2) is 4.79 Å². The Bertz CT molecular complexity index is 685. The van der Waals surface area contributed by atoms with Crippen molar-refractivity contribution in [3.05, 3.63) is 28.2 Å². The van der Waals surface area contributed by atoms with Gasteiger partial charge >= 0.3 is 6.03 Å². The number of halogens is 2. The van der Waals surface area contributed by atoms with Crippen LogP contribution in [0.25, 0.3) is 0 Å². The number of hydroxylamine groups is 2. The lowest BCUT2D eigenvalue weighted by Crippen LogP contribution is -2.56. The number of thioether (sulfide) groups is 1. The van der Waals surface area contributed by atoms with Gasteiger partial charge in [-0.3, -0.25) is 5.21 Å². The van der Waals surface area contributed by atoms with Gasteiger partial charge in [-0.2, -0.15) is 5.06 Å². The predicted molar refractivity (Wildman–Crippen MR) is 109 cm³/mol. The number of hydrogen-bond donors (Lipinski definition) is 2. The zero-order chi connectivity index (χ0) is 18.9. The maximum atomic E-state index is 12.5. The Hall–Kier alpha value is -0.730. The molecule has 1 saturated heterocycles. The minimum Gasteiger partial charge on any atom is -0.333 e. The minimum atomic E-state index is -0.657. The number of carbonyl (C=O) groups is 1. The molecule has 0 saturated carbocycles. The first-order valence-electron chi connectivity index (χ1n) is 7.76. The van der Waals surface area contributed by atoms with Crippen LogP contribution in [0.4, 0.5) is 10.5 Å². The van der Waals surface area contributed by atoms with Crippen LogP contribution < -0.4 is 5.32 Å². The highest BCUT2D eigenvalue weighted by Crippen LogP contribution is 2.42. The van der Waals surface area contributed by atoms with Crippen molar-refractivity contribution in [2.24, 2.45) is 5.92 Å². The number of amides is 2. The fraction of sp³-hybridized carbons (Fsp3) is 0.500. The molecule has 138 valence electrons. The molecule has 2 rings (SSSR count). The quantitative estimate of drug-likeness (QED) is 0.391. The smallest absolute Gasteiger partial charge is 0.333 e. The van der Waals surface area contributed by atoms with Crippen molar-refractivity contribution in [1.29, 1.82) is 0 Å². The third-order valence-corrected chi connectivity index (χ3v) is 6.04. The number of urea groups is 1. The largest absolute Gasteiger partial charge is 0.347 e. The Morgan fingerprint density at radius 2 is 2.08 bits per heavy atom. The molecule has 1 aliphatic heterocycles. The van der Waals surface area contributed by atoms with Crippen molar-refractivity contribution in [1.82, 2.24) is 9.96 Å². The van der Waals surface area contributed by atoms with Gasteiger partial charge in [-0.1, -0.05) is 61.0 Å². The molecule has 1 fully saturated rings. The van der Waals surface area contributed by atoms with Crippen molar-refractivity contribution in [3.63, 3.8) is 0 Å². The average molecular weight is 422 g/mol. The molecule has 1 aromatic carbocycles. The molecule has 0 spiro atoms. The molecule has 5 nitrogen and oxygen atoms in total. The van der Waals surface area contributed by atoms with Gasteiger partial charge in [-0.05, 0) is 38.0 Å². The summed E-state index contributed by atoms with van der Waals surface area (Å²) in [6.07, 6.45) is -0.574. The summed E-state index contributed by atoms with van der Waals surface area (Å²) in [7, 11) is 0. The van der Waals surface area contributed by atoms with Crippen LogP contribution >= 0.6 is 47.2 Å². The van der Waals surface area contributed by atoms with Crippen LogP contribution in [-0.4, -0.2) is 43.0 Å². The number of carbonyl (C=O) groups excluding carboxylic acids is 1. The average Bonchev–Trinajstić information content (AvgIpc) is 2.70. The standard InChI is InChI=1S/C16H21Cl2N3O2S2/c1-9(2)8-20-13(16(3,4)25-15(20)24)21(23)14(22)19-10-5-6-11(17)12(18)7-10/h5-7,9,13,23H,8H2,1-4H3,(H,19,22)/t13-/m1/s1. The molecule has 1 aromatic rings. The summed E-state index contributed by atoms with van der Waals surface area (Å²) < 4.78 is 0.223. The summed E-state index contributed by atoms with van der Waals surface area (Å²) >= 11 is 18.8. The summed E-state index contributed by atoms with van der Waals surface area (Å²) in [4.78, 5) is 14.4. The van der Waals surface area contributed by atoms with E-state index in [4.69, 9.17) is 35.4 Å². The van der Waals surface area contributed by atoms with E-state index >= 15 is 0 Å². The van der Waals surface area contributed by atoms with Gasteiger partial charge in [0.25, 0.3) is 0 Å². The Kier molecular flexibility index (Phi) is 6.49. The number of nitrogens with one attached hydrogen (secondary N) is 1. The van der Waals surface area contributed by atoms with Crippen molar-refractivity contribution in [3.8, 4) is 0 Å². The molecule has 0 radical (unpaired) electrons. The van der Waals surface area contributed by atoms with Crippen LogP contribution in [0, 0.1) is 5.92 Å². The third kappa shape index (κ3) is 4.71. The van der Waals surface area contributed by atoms with E-state index in [1.54, 1.807) is 12.1 Å². The van der Waals surface area contributed by atoms with Gasteiger partial charge in [0.15, 0.2) is 0 Å². The van der Waals surface area contributed by atoms with Crippen LogP contribution in [0.15, 0.2) is 18.2 Å². The van der Waals surface area contributed by atoms with Crippen molar-refractivity contribution in [2.75, 3.05) is 11.9 Å². The molecule has 2 N–H and O–H groups in total. The summed E-state index contributed by atoms with van der Waals surface area (Å²) in [6, 6.07) is 4.07. The fourth-order valence-corrected chi connectivity index (χ4v) is 4.86. The van der Waals surface area contributed by atoms with E-state index in [9.17, 15) is 10.0 Å². The van der Waals surface area contributed by atoms with Gasteiger partial charge in [0, 0.05) is 12.2 Å². The number of benzene rings is 1. The van der Waals surface area contributed by atoms with Gasteiger partial charge in [0.05, 0.1) is 14.8 Å². The highest BCUT2D eigenvalue weighted by molar-refractivity contribution is 8.24. The number of rotatable bonds is 4. The van der Waals surface area contributed by atoms with Crippen LogP contribution in [0.2, 0.25) is 10.0 Å². The van der Waals surface area contributed by atoms with E-state index in [1.807, 2.05) is 18.7 Å². The molecular formula is C16H21Cl2N3O2S2. The topological polar surface area (TPSA) is 55.8 Å². The predicted octanol–water partition coefficient (Wildman–Crippen LogP) is 5.31. The van der Waals surface area contributed by atoms with Crippen LogP contribution in [0.5, 0.6) is 0 Å². The van der Waals surface area contributed by atoms with E-state index in [-0.39, 0.29) is 0 Å². The first-order valence-corrected chi connectivity index (χ1v) is 9.74. The highest BCUT2D eigenvalue weighted by Gasteiger charge is 2.49. The normalized spacial score (nSPS) is 19.4. The maximum absolute atomic E-state index is 12.5. The molecule has 0 aromatic heterocycles. The molecule has 25 heavy (non-hydrogen) atoms. The molecular weight excluding hydrogens is 401 g/mol. The fourth-order valence-electron chi connectivity index (χ4n) is 2.67. The zero-order valence-electron chi connectivity index (χ0n) is 14.4. The molecule has 0 bridgehead atoms. The summed E-state index contributed by atoms with van der Waals surface area (Å²) in [6.45, 7) is 8.67. The van der Waals surface area contributed by atoms with Gasteiger partial charge in [-0.15, -0.1) is 0 Å². The number of nitrogens with zero attached hydrogens (tertiary/aromatic N) is 2. The van der Waals surface area contributed by atoms with Crippen molar-refractivity contribution >= 4 is 63.2 Å². The lowest BCUT2D eigenvalue weighted by Gasteiger charge is -2.37. The Labute approximate surface area is 167 Å². The first kappa shape index (κ1) is 20.6. The third-order valence-electron chi connectivity index (χ3n) is 3.67. The van der Waals surface area contributed by atoms with Crippen molar-refractivity contribution < 1.29 is 10.0 Å². The van der Waals surface area contributed by atoms with E-state index in [0.717, 1.165) is 0 Å². The minimum absolute atomic E-state index is 0.323. The van der Waals surface area contributed by atoms with E-state index in [2.05, 4.69) is 19.2 Å². The van der Waals surface area contributed by atoms with Crippen LogP contribution in [-0.2, 0) is 0 Å². The summed E-state index contributed by atoms with van der Waals surface area (Å²) in [5, 5.41) is 14.6. The molecule has 9 heteroatoms. The molecule has 1 atom stereocenters. The van der Waals surface area contributed by atoms with Crippen LogP contribution in [0.1, 0.15) is 27.7 Å². The molecule has 1 aliphatic rings. The number of anilines is 1. The number of thiocarbonyl (C=S) groups is 1. The van der Waals surface area contributed by atoms with E-state index in [1.165, 1.54) is 17.8 Å². The highest BCUT2D eigenvalue weighted by atomic mass is 35.5. The lowest BCUT2D eigenvalue weighted by atomic mass is 10.1. The molecule has 1 heterocycles. The van der Waals surface area contributed by atoms with Crippen molar-refractivity contribution in [2.45, 2.75) is 38.6 Å². The zero-order valence-corrected chi connectivity index (χ0v) is 17.6. The second-order valence-electron chi connectivity index (χ2n) is 6.79. The monoisotopic (exact) mass is 421 g/mol. The Morgan fingerprint density at radius 3 is 2.64 bits per heavy atom. The second kappa shape index (κ2) is 7.88. The second-order valence-corrected chi connectivity index (χ2v) is 9.90. The van der Waals surface area contributed by atoms with E-state index in [0.29, 0.717) is 37.6 Å². The maximum Gasteiger partial charge on any atom is 0.347 e. The molecule has 0 aliphatic carbocycles. The van der Waals surface area contributed by atoms with Crippen LogP contribution in [0.3, 0.4) is 0 Å². The van der Waals surface area contributed by atoms with E-state index < -0.39 is 16.9 Å². The Balaban J connectivity index is 2.20. The Morgan fingerprint density at radius 1 is 1.44 bits per heavy atom. The van der Waals surface area contributed by atoms with Gasteiger partial charge in [0.2, 0.25) is 0 Å². The molecule has 2 amide bonds. The summed E-state index contributed by atoms with van der Waals surface area (Å²) in [5.41, 5.74) is 0.444. The lowest BCUT2D eigenvalue weighted by molar-refractivity contribution is -0.115. The van der Waals surface area contributed by atoms with Gasteiger partial charge < -0.3 is 10.2 Å². The summed E-state index contributed by atoms with van der Waals surface area (Å²) in [5.74, 6) is 0.335. The first-order chi connectivity index (χ1) is 11.5. The molecule has 0 unspecified atom stereocenters. The SMILES string of the molecule is CC(C)CN1C(=S)SC(C)(C)[C@H]1N(O)C(=O)Nc1ccc(Cl)c(Cl)c1. The number of hydrogen-bond acceptors (Lipinski definition) is 4. The van der Waals surface area contributed by atoms with Gasteiger partial charge in [0.1, 0.15) is 10.5 Å².